The normalized spacial score (nSPS) is 10.9. The van der Waals surface area contributed by atoms with E-state index in [1.165, 1.54) is 50.5 Å². The van der Waals surface area contributed by atoms with E-state index in [0.29, 0.717) is 0 Å². The minimum Gasteiger partial charge on any atom is -0.0654 e. The van der Waals surface area contributed by atoms with Crippen molar-refractivity contribution in [2.45, 2.75) is 58.8 Å². The predicted octanol–water partition coefficient (Wildman–Crippen LogP) is 5.18. The van der Waals surface area contributed by atoms with E-state index in [0.717, 1.165) is 0 Å². The van der Waals surface area contributed by atoms with Gasteiger partial charge >= 0.3 is 0 Å². The van der Waals surface area contributed by atoms with Crippen molar-refractivity contribution in [2.75, 3.05) is 0 Å². The van der Waals surface area contributed by atoms with Gasteiger partial charge in [-0.3, -0.25) is 0 Å². The third-order valence-electron chi connectivity index (χ3n) is 3.14. The zero-order valence-electron chi connectivity index (χ0n) is 10.8. The summed E-state index contributed by atoms with van der Waals surface area (Å²) in [7, 11) is 0. The van der Waals surface area contributed by atoms with Crippen LogP contribution in [0.1, 0.15) is 57.9 Å². The van der Waals surface area contributed by atoms with Gasteiger partial charge in [0.1, 0.15) is 0 Å². The van der Waals surface area contributed by atoms with E-state index in [-0.39, 0.29) is 0 Å². The second-order valence-electron chi connectivity index (χ2n) is 4.75. The standard InChI is InChI=1S/C16H25/c1-3-4-5-7-10-15(2)13-14-16-11-8-6-9-12-16/h6,8-9,11-12H,3-5,7,10,13-14H2,1-2H3. The fraction of sp³-hybridized carbons (Fsp3) is 0.562. The molecule has 1 rings (SSSR count). The molecule has 16 heavy (non-hydrogen) atoms. The van der Waals surface area contributed by atoms with Crippen LogP contribution in [0.4, 0.5) is 0 Å². The van der Waals surface area contributed by atoms with Crippen LogP contribution in [0.15, 0.2) is 30.3 Å². The van der Waals surface area contributed by atoms with Gasteiger partial charge in [0.15, 0.2) is 0 Å². The van der Waals surface area contributed by atoms with Gasteiger partial charge in [0.05, 0.1) is 0 Å². The zero-order chi connectivity index (χ0) is 11.6. The summed E-state index contributed by atoms with van der Waals surface area (Å²) >= 11 is 0. The Kier molecular flexibility index (Phi) is 6.96. The molecule has 0 saturated heterocycles. The van der Waals surface area contributed by atoms with Crippen molar-refractivity contribution < 1.29 is 0 Å². The van der Waals surface area contributed by atoms with Crippen LogP contribution in [-0.2, 0) is 6.42 Å². The van der Waals surface area contributed by atoms with Crippen LogP contribution in [0, 0.1) is 5.92 Å². The number of benzene rings is 1. The highest BCUT2D eigenvalue weighted by atomic mass is 14.1. The van der Waals surface area contributed by atoms with E-state index in [1.807, 2.05) is 0 Å². The van der Waals surface area contributed by atoms with Gasteiger partial charge in [-0.1, -0.05) is 69.9 Å². The lowest BCUT2D eigenvalue weighted by molar-refractivity contribution is 0.615. The van der Waals surface area contributed by atoms with Crippen LogP contribution >= 0.6 is 0 Å². The van der Waals surface area contributed by atoms with E-state index in [4.69, 9.17) is 0 Å². The summed E-state index contributed by atoms with van der Waals surface area (Å²) in [4.78, 5) is 0. The Balaban J connectivity index is 2.08. The largest absolute Gasteiger partial charge is 0.0654 e. The summed E-state index contributed by atoms with van der Waals surface area (Å²) in [5, 5.41) is 0. The molecule has 0 heteroatoms. The molecule has 0 fully saturated rings. The minimum absolute atomic E-state index is 1.21. The van der Waals surface area contributed by atoms with E-state index in [2.05, 4.69) is 44.2 Å². The molecule has 0 heterocycles. The van der Waals surface area contributed by atoms with Crippen molar-refractivity contribution in [1.82, 2.24) is 0 Å². The van der Waals surface area contributed by atoms with E-state index in [9.17, 15) is 0 Å². The summed E-state index contributed by atoms with van der Waals surface area (Å²) in [5.74, 6) is 1.67. The van der Waals surface area contributed by atoms with Crippen LogP contribution in [0.3, 0.4) is 0 Å². The van der Waals surface area contributed by atoms with Gasteiger partial charge in [-0.15, -0.1) is 0 Å². The summed E-state index contributed by atoms with van der Waals surface area (Å²) < 4.78 is 0. The highest BCUT2D eigenvalue weighted by Crippen LogP contribution is 2.18. The van der Waals surface area contributed by atoms with Gasteiger partial charge in [0, 0.05) is 0 Å². The number of hydrogen-bond donors (Lipinski definition) is 0. The Morgan fingerprint density at radius 3 is 2.38 bits per heavy atom. The van der Waals surface area contributed by atoms with Gasteiger partial charge in [-0.2, -0.15) is 0 Å². The second kappa shape index (κ2) is 8.38. The fourth-order valence-corrected chi connectivity index (χ4v) is 1.98. The van der Waals surface area contributed by atoms with Gasteiger partial charge in [-0.25, -0.2) is 0 Å². The topological polar surface area (TPSA) is 0 Å². The quantitative estimate of drug-likeness (QED) is 0.526. The van der Waals surface area contributed by atoms with Crippen molar-refractivity contribution in [2.24, 2.45) is 0 Å². The fourth-order valence-electron chi connectivity index (χ4n) is 1.98. The molecule has 0 unspecified atom stereocenters. The third kappa shape index (κ3) is 5.95. The maximum Gasteiger partial charge on any atom is -0.0269 e. The molecule has 0 amide bonds. The number of unbranched alkanes of at least 4 members (excludes halogenated alkanes) is 3. The van der Waals surface area contributed by atoms with Gasteiger partial charge in [0.2, 0.25) is 0 Å². The van der Waals surface area contributed by atoms with Gasteiger partial charge < -0.3 is 0 Å². The second-order valence-corrected chi connectivity index (χ2v) is 4.75. The van der Waals surface area contributed by atoms with E-state index in [1.54, 1.807) is 5.92 Å². The van der Waals surface area contributed by atoms with Crippen molar-refractivity contribution in [3.63, 3.8) is 0 Å². The van der Waals surface area contributed by atoms with E-state index < -0.39 is 0 Å². The summed E-state index contributed by atoms with van der Waals surface area (Å²) in [6.07, 6.45) is 9.31. The Bertz CT molecular complexity index is 250. The Labute approximate surface area is 101 Å². The molecular weight excluding hydrogens is 192 g/mol. The molecule has 89 valence electrons. The molecule has 1 radical (unpaired) electrons. The predicted molar refractivity (Wildman–Crippen MR) is 72.4 cm³/mol. The number of rotatable bonds is 8. The third-order valence-corrected chi connectivity index (χ3v) is 3.14. The maximum absolute atomic E-state index is 2.31. The van der Waals surface area contributed by atoms with Crippen molar-refractivity contribution >= 4 is 0 Å². The minimum atomic E-state index is 1.21. The maximum atomic E-state index is 2.31. The molecule has 0 atom stereocenters. The average molecular weight is 217 g/mol. The van der Waals surface area contributed by atoms with Crippen LogP contribution in [0.5, 0.6) is 0 Å². The zero-order valence-corrected chi connectivity index (χ0v) is 10.8. The molecule has 0 saturated carbocycles. The monoisotopic (exact) mass is 217 g/mol. The Morgan fingerprint density at radius 1 is 0.938 bits per heavy atom. The summed E-state index contributed by atoms with van der Waals surface area (Å²) in [5.41, 5.74) is 1.47. The van der Waals surface area contributed by atoms with E-state index >= 15 is 0 Å². The van der Waals surface area contributed by atoms with Gasteiger partial charge in [-0.05, 0) is 30.7 Å². The number of hydrogen-bond acceptors (Lipinski definition) is 0. The first kappa shape index (κ1) is 13.3. The van der Waals surface area contributed by atoms with Crippen molar-refractivity contribution in [1.29, 1.82) is 0 Å². The highest BCUT2D eigenvalue weighted by Gasteiger charge is 2.02. The summed E-state index contributed by atoms with van der Waals surface area (Å²) in [6, 6.07) is 10.8. The molecule has 0 bridgehead atoms. The smallest absolute Gasteiger partial charge is 0.0269 e. The SMILES string of the molecule is CCCCCC[C](C)CCc1ccccc1. The molecule has 0 aliphatic carbocycles. The van der Waals surface area contributed by atoms with Crippen LogP contribution in [-0.4, -0.2) is 0 Å². The molecule has 0 aliphatic rings. The van der Waals surface area contributed by atoms with Crippen molar-refractivity contribution in [3.8, 4) is 0 Å². The first-order valence-electron chi connectivity index (χ1n) is 6.68. The van der Waals surface area contributed by atoms with Crippen LogP contribution < -0.4 is 0 Å². The van der Waals surface area contributed by atoms with Crippen LogP contribution in [0.25, 0.3) is 0 Å². The molecule has 0 nitrogen and oxygen atoms in total. The highest BCUT2D eigenvalue weighted by molar-refractivity contribution is 5.15. The Hall–Kier alpha value is -0.780. The lowest BCUT2D eigenvalue weighted by Gasteiger charge is -2.10. The van der Waals surface area contributed by atoms with Crippen molar-refractivity contribution in [3.05, 3.63) is 41.8 Å². The first-order valence-corrected chi connectivity index (χ1v) is 6.68. The lowest BCUT2D eigenvalue weighted by atomic mass is 9.95. The average Bonchev–Trinajstić information content (AvgIpc) is 2.33. The number of aryl methyl sites for hydroxylation is 1. The van der Waals surface area contributed by atoms with Gasteiger partial charge in [0.25, 0.3) is 0 Å². The molecular formula is C16H25. The molecule has 1 aromatic carbocycles. The molecule has 1 aromatic rings. The summed E-state index contributed by atoms with van der Waals surface area (Å²) in [6.45, 7) is 4.58. The first-order chi connectivity index (χ1) is 7.83. The Morgan fingerprint density at radius 2 is 1.69 bits per heavy atom. The molecule has 0 aromatic heterocycles. The molecule has 0 spiro atoms. The molecule has 0 N–H and O–H groups in total. The lowest BCUT2D eigenvalue weighted by Crippen LogP contribution is -1.95. The van der Waals surface area contributed by atoms with Crippen LogP contribution in [0.2, 0.25) is 0 Å². The molecule has 0 aliphatic heterocycles.